The monoisotopic (exact) mass is 1000 g/mol. The molecule has 378 valence electrons. The predicted octanol–water partition coefficient (Wildman–Crippen LogP) is 8.17. The Bertz CT molecular complexity index is 3020. The van der Waals surface area contributed by atoms with Crippen LogP contribution in [0.1, 0.15) is 48.4 Å². The van der Waals surface area contributed by atoms with Crippen molar-refractivity contribution in [3.8, 4) is 34.5 Å². The molecule has 0 amide bonds. The normalized spacial score (nSPS) is 17.2. The summed E-state index contributed by atoms with van der Waals surface area (Å²) >= 11 is 0. The Morgan fingerprint density at radius 1 is 0.930 bits per heavy atom. The van der Waals surface area contributed by atoms with E-state index < -0.39 is 35.0 Å². The van der Waals surface area contributed by atoms with Crippen molar-refractivity contribution in [2.24, 2.45) is 0 Å². The van der Waals surface area contributed by atoms with Gasteiger partial charge < -0.3 is 43.6 Å². The highest BCUT2D eigenvalue weighted by molar-refractivity contribution is 7.89. The summed E-state index contributed by atoms with van der Waals surface area (Å²) in [7, 11) is -0.554. The number of anilines is 2. The molecular formula is C52H60F4N8O6S. The number of benzene rings is 3. The van der Waals surface area contributed by atoms with Crippen molar-refractivity contribution in [1.82, 2.24) is 28.4 Å². The second kappa shape index (κ2) is 22.4. The highest BCUT2D eigenvalue weighted by Gasteiger charge is 2.32. The van der Waals surface area contributed by atoms with E-state index in [2.05, 4.69) is 32.5 Å². The summed E-state index contributed by atoms with van der Waals surface area (Å²) in [5.74, 6) is 7.50. The average molecular weight is 1000 g/mol. The van der Waals surface area contributed by atoms with Crippen molar-refractivity contribution in [2.75, 3.05) is 83.8 Å². The van der Waals surface area contributed by atoms with Crippen molar-refractivity contribution >= 4 is 32.3 Å². The van der Waals surface area contributed by atoms with E-state index in [4.69, 9.17) is 14.0 Å². The van der Waals surface area contributed by atoms with Gasteiger partial charge in [-0.15, -0.1) is 0 Å². The van der Waals surface area contributed by atoms with E-state index >= 15 is 0 Å². The highest BCUT2D eigenvalue weighted by atomic mass is 32.2. The molecule has 0 radical (unpaired) electrons. The van der Waals surface area contributed by atoms with Crippen LogP contribution in [0.4, 0.5) is 28.9 Å². The van der Waals surface area contributed by atoms with Crippen molar-refractivity contribution < 1.29 is 40.0 Å². The summed E-state index contributed by atoms with van der Waals surface area (Å²) in [6.45, 7) is 7.11. The van der Waals surface area contributed by atoms with Gasteiger partial charge in [0.05, 0.1) is 60.3 Å². The molecule has 2 fully saturated rings. The number of hydrogen-bond donors (Lipinski definition) is 2. The Labute approximate surface area is 411 Å². The number of unbranched alkanes of at least 4 members (excludes halogenated alkanes) is 2. The molecule has 8 rings (SSSR count). The Morgan fingerprint density at radius 2 is 1.73 bits per heavy atom. The van der Waals surface area contributed by atoms with E-state index in [1.807, 2.05) is 56.3 Å². The van der Waals surface area contributed by atoms with Crippen molar-refractivity contribution in [3.63, 3.8) is 0 Å². The molecular weight excluding hydrogens is 941 g/mol. The number of piperazine rings is 1. The van der Waals surface area contributed by atoms with Gasteiger partial charge in [-0.3, -0.25) is 4.79 Å². The van der Waals surface area contributed by atoms with E-state index in [0.717, 1.165) is 58.5 Å². The summed E-state index contributed by atoms with van der Waals surface area (Å²) in [4.78, 5) is 17.0. The van der Waals surface area contributed by atoms with E-state index in [9.17, 15) is 30.8 Å². The molecule has 2 aliphatic rings. The number of nitrogens with one attached hydrogen (secondary N) is 2. The van der Waals surface area contributed by atoms with Crippen LogP contribution in [0, 0.1) is 25.7 Å². The number of methoxy groups -OCH3 is 1. The zero-order valence-electron chi connectivity index (χ0n) is 40.4. The molecule has 5 heterocycles. The maximum absolute atomic E-state index is 14.9. The van der Waals surface area contributed by atoms with E-state index in [1.54, 1.807) is 47.0 Å². The third kappa shape index (κ3) is 12.6. The van der Waals surface area contributed by atoms with Gasteiger partial charge in [0.25, 0.3) is 5.56 Å². The average Bonchev–Trinajstić information content (AvgIpc) is 3.87. The van der Waals surface area contributed by atoms with Gasteiger partial charge in [-0.1, -0.05) is 29.3 Å². The number of likely N-dealkylation sites (tertiary alicyclic amines) is 1. The Balaban J connectivity index is 0.793. The fourth-order valence-electron chi connectivity index (χ4n) is 9.31. The van der Waals surface area contributed by atoms with Crippen molar-refractivity contribution in [1.29, 1.82) is 0 Å². The lowest BCUT2D eigenvalue weighted by atomic mass is 10.0. The van der Waals surface area contributed by atoms with Crippen LogP contribution in [0.25, 0.3) is 22.0 Å². The topological polar surface area (TPSA) is 139 Å². The zero-order chi connectivity index (χ0) is 50.3. The van der Waals surface area contributed by atoms with Gasteiger partial charge in [0.1, 0.15) is 30.0 Å². The largest absolute Gasteiger partial charge is 0.495 e. The predicted molar refractivity (Wildman–Crippen MR) is 267 cm³/mol. The van der Waals surface area contributed by atoms with Gasteiger partial charge in [-0.05, 0) is 113 Å². The molecule has 2 aliphatic heterocycles. The second-order valence-electron chi connectivity index (χ2n) is 18.2. The maximum atomic E-state index is 14.9. The molecule has 3 aromatic carbocycles. The standard InChI is InChI=1S/C52H60F4N8O6S/c1-36-51(37(2)70-59-36)39-16-19-50(65)62(33-39)32-38-11-8-13-41(29-38)69-28-7-5-6-22-61-24-26-63(27-25-61)71(66,67)42-17-18-47(49(31-42)68-4)57-21-10-12-40-30-43-45(58-46-20-23-60(3)34-44(46)53)14-9-15-48(43)64(40)35-52(54,55)56/h8-9,11,13-19,29-31,33,44,46,57-58H,5-7,20-28,32,34-35H2,1-4H3/t44-,46+/m0/s1. The fraction of sp³-hybridized carbons (Fsp3) is 0.423. The summed E-state index contributed by atoms with van der Waals surface area (Å²) in [5.41, 5.74) is 4.84. The van der Waals surface area contributed by atoms with Gasteiger partial charge in [0, 0.05) is 79.8 Å². The van der Waals surface area contributed by atoms with Crippen molar-refractivity contribution in [2.45, 2.75) is 75.9 Å². The first-order valence-corrected chi connectivity index (χ1v) is 25.3. The molecule has 6 aromatic rings. The van der Waals surface area contributed by atoms with Gasteiger partial charge in [-0.25, -0.2) is 12.8 Å². The van der Waals surface area contributed by atoms with Crippen LogP contribution in [0.15, 0.2) is 99.3 Å². The van der Waals surface area contributed by atoms with Crippen LogP contribution >= 0.6 is 0 Å². The summed E-state index contributed by atoms with van der Waals surface area (Å²) in [6, 6.07) is 21.8. The minimum Gasteiger partial charge on any atom is -0.495 e. The van der Waals surface area contributed by atoms with Crippen LogP contribution in [-0.4, -0.2) is 128 Å². The third-order valence-corrected chi connectivity index (χ3v) is 14.9. The Kier molecular flexibility index (Phi) is 16.1. The lowest BCUT2D eigenvalue weighted by Crippen LogP contribution is -2.48. The summed E-state index contributed by atoms with van der Waals surface area (Å²) in [5, 5.41) is 10.9. The molecule has 2 saturated heterocycles. The summed E-state index contributed by atoms with van der Waals surface area (Å²) < 4.78 is 105. The van der Waals surface area contributed by atoms with Gasteiger partial charge in [-0.2, -0.15) is 17.5 Å². The first-order chi connectivity index (χ1) is 34.1. The summed E-state index contributed by atoms with van der Waals surface area (Å²) in [6.07, 6.45) is -0.530. The Hall–Kier alpha value is -6.33. The van der Waals surface area contributed by atoms with Crippen LogP contribution < -0.4 is 25.7 Å². The number of fused-ring (bicyclic) bond motifs is 1. The van der Waals surface area contributed by atoms with Crippen LogP contribution in [-0.2, 0) is 23.1 Å². The number of nitrogens with zero attached hydrogens (tertiary/aromatic N) is 6. The minimum absolute atomic E-state index is 0.0240. The number of halogens is 4. The Morgan fingerprint density at radius 3 is 2.48 bits per heavy atom. The zero-order valence-corrected chi connectivity index (χ0v) is 41.2. The third-order valence-electron chi connectivity index (χ3n) is 13.0. The molecule has 0 spiro atoms. The lowest BCUT2D eigenvalue weighted by molar-refractivity contribution is -0.140. The number of piperidine rings is 1. The quantitative estimate of drug-likeness (QED) is 0.0490. The molecule has 14 nitrogen and oxygen atoms in total. The molecule has 2 atom stereocenters. The first kappa shape index (κ1) is 51.0. The maximum Gasteiger partial charge on any atom is 0.406 e. The number of hydrogen-bond acceptors (Lipinski definition) is 11. The van der Waals surface area contributed by atoms with Crippen molar-refractivity contribution in [3.05, 3.63) is 118 Å². The molecule has 0 saturated carbocycles. The molecule has 0 aliphatic carbocycles. The smallest absolute Gasteiger partial charge is 0.406 e. The molecule has 3 aromatic heterocycles. The number of ether oxygens (including phenoxy) is 2. The number of aryl methyl sites for hydroxylation is 2. The molecule has 2 N–H and O–H groups in total. The SMILES string of the molecule is COc1cc(S(=O)(=O)N2CCN(CCCCCOc3cccc(Cn4cc(-c5c(C)noc5C)ccc4=O)c3)CC2)ccc1NCC#Cc1cc2c(N[C@@H]3CCN(C)C[C@@H]3F)cccc2n1CC(F)(F)F. The van der Waals surface area contributed by atoms with E-state index in [1.165, 1.54) is 23.5 Å². The highest BCUT2D eigenvalue weighted by Crippen LogP contribution is 2.33. The number of pyridine rings is 1. The van der Waals surface area contributed by atoms with Gasteiger partial charge >= 0.3 is 6.18 Å². The fourth-order valence-corrected chi connectivity index (χ4v) is 10.7. The number of sulfonamides is 1. The minimum atomic E-state index is -4.51. The lowest BCUT2D eigenvalue weighted by Gasteiger charge is -2.34. The number of rotatable bonds is 18. The number of aromatic nitrogens is 3. The second-order valence-corrected chi connectivity index (χ2v) is 20.1. The van der Waals surface area contributed by atoms with Crippen LogP contribution in [0.3, 0.4) is 0 Å². The molecule has 19 heteroatoms. The molecule has 0 unspecified atom stereocenters. The van der Waals surface area contributed by atoms with Crippen LogP contribution in [0.5, 0.6) is 11.5 Å². The van der Waals surface area contributed by atoms with E-state index in [0.29, 0.717) is 80.3 Å². The van der Waals surface area contributed by atoms with Crippen LogP contribution in [0.2, 0.25) is 0 Å². The molecule has 0 bridgehead atoms. The van der Waals surface area contributed by atoms with Gasteiger partial charge in [0.15, 0.2) is 0 Å². The van der Waals surface area contributed by atoms with E-state index in [-0.39, 0.29) is 35.0 Å². The number of alkyl halides is 4. The molecule has 71 heavy (non-hydrogen) atoms. The van der Waals surface area contributed by atoms with Gasteiger partial charge in [0.2, 0.25) is 10.0 Å². The first-order valence-electron chi connectivity index (χ1n) is 23.8.